The Hall–Kier alpha value is -2.30. The molecular formula is C20H28N4O. The first-order valence-corrected chi connectivity index (χ1v) is 9.26. The molecule has 1 aliphatic carbocycles. The molecule has 1 heterocycles. The summed E-state index contributed by atoms with van der Waals surface area (Å²) in [6.07, 6.45) is 5.45. The van der Waals surface area contributed by atoms with E-state index >= 15 is 0 Å². The van der Waals surface area contributed by atoms with Crippen LogP contribution in [0, 0.1) is 0 Å². The van der Waals surface area contributed by atoms with E-state index in [1.807, 2.05) is 0 Å². The van der Waals surface area contributed by atoms with Gasteiger partial charge in [0.25, 0.3) is 0 Å². The van der Waals surface area contributed by atoms with Crippen LogP contribution in [0.5, 0.6) is 0 Å². The van der Waals surface area contributed by atoms with E-state index in [0.717, 1.165) is 42.4 Å². The average molecular weight is 340 g/mol. The molecule has 1 aromatic carbocycles. The Bertz CT molecular complexity index is 727. The zero-order valence-electron chi connectivity index (χ0n) is 15.5. The Balaban J connectivity index is 1.58. The summed E-state index contributed by atoms with van der Waals surface area (Å²) in [6.45, 7) is 5.64. The summed E-state index contributed by atoms with van der Waals surface area (Å²) in [5.74, 6) is 1.75. The van der Waals surface area contributed by atoms with Gasteiger partial charge < -0.3 is 15.2 Å². The minimum atomic E-state index is 0.680. The van der Waals surface area contributed by atoms with Crippen molar-refractivity contribution in [1.29, 1.82) is 0 Å². The van der Waals surface area contributed by atoms with Crippen molar-refractivity contribution in [2.75, 3.05) is 7.05 Å². The molecule has 0 amide bonds. The van der Waals surface area contributed by atoms with Gasteiger partial charge in [-0.15, -0.1) is 0 Å². The highest BCUT2D eigenvalue weighted by molar-refractivity contribution is 5.79. The maximum absolute atomic E-state index is 5.42. The summed E-state index contributed by atoms with van der Waals surface area (Å²) in [5.41, 5.74) is 6.51. The number of rotatable bonds is 6. The first-order chi connectivity index (χ1) is 12.2. The summed E-state index contributed by atoms with van der Waals surface area (Å²) in [7, 11) is 1.80. The minimum absolute atomic E-state index is 0.680. The number of nitrogens with one attached hydrogen (secondary N) is 2. The number of aryl methyl sites for hydroxylation is 4. The molecule has 3 rings (SSSR count). The van der Waals surface area contributed by atoms with Crippen molar-refractivity contribution < 1.29 is 4.52 Å². The normalized spacial score (nSPS) is 13.8. The SMILES string of the molecule is CCc1noc(CC)c1CNC(=NC)NCc1ccc2c(c1)CCC2. The van der Waals surface area contributed by atoms with Gasteiger partial charge >= 0.3 is 0 Å². The van der Waals surface area contributed by atoms with E-state index in [9.17, 15) is 0 Å². The van der Waals surface area contributed by atoms with Crippen molar-refractivity contribution >= 4 is 5.96 Å². The van der Waals surface area contributed by atoms with Gasteiger partial charge in [0, 0.05) is 32.1 Å². The minimum Gasteiger partial charge on any atom is -0.361 e. The Morgan fingerprint density at radius 1 is 1.12 bits per heavy atom. The maximum atomic E-state index is 5.42. The molecule has 2 N–H and O–H groups in total. The van der Waals surface area contributed by atoms with Crippen LogP contribution >= 0.6 is 0 Å². The number of fused-ring (bicyclic) bond motifs is 1. The molecule has 0 unspecified atom stereocenters. The topological polar surface area (TPSA) is 62.5 Å². The first-order valence-electron chi connectivity index (χ1n) is 9.26. The number of benzene rings is 1. The highest BCUT2D eigenvalue weighted by atomic mass is 16.5. The molecule has 134 valence electrons. The fourth-order valence-electron chi connectivity index (χ4n) is 3.45. The van der Waals surface area contributed by atoms with E-state index in [1.165, 1.54) is 36.0 Å². The van der Waals surface area contributed by atoms with Crippen LogP contribution in [0.25, 0.3) is 0 Å². The summed E-state index contributed by atoms with van der Waals surface area (Å²) in [6, 6.07) is 6.82. The molecule has 0 atom stereocenters. The van der Waals surface area contributed by atoms with Crippen LogP contribution in [0.1, 0.15) is 54.0 Å². The third-order valence-electron chi connectivity index (χ3n) is 4.89. The molecule has 0 fully saturated rings. The molecule has 0 bridgehead atoms. The van der Waals surface area contributed by atoms with Gasteiger partial charge in [-0.2, -0.15) is 0 Å². The molecule has 5 nitrogen and oxygen atoms in total. The van der Waals surface area contributed by atoms with Crippen LogP contribution in [0.4, 0.5) is 0 Å². The molecule has 2 aromatic rings. The monoisotopic (exact) mass is 340 g/mol. The van der Waals surface area contributed by atoms with Crippen molar-refractivity contribution in [2.24, 2.45) is 4.99 Å². The Morgan fingerprint density at radius 3 is 2.68 bits per heavy atom. The van der Waals surface area contributed by atoms with Gasteiger partial charge in [0.1, 0.15) is 5.76 Å². The third kappa shape index (κ3) is 4.03. The van der Waals surface area contributed by atoms with E-state index in [1.54, 1.807) is 7.05 Å². The second kappa shape index (κ2) is 8.19. The Labute approximate surface area is 149 Å². The van der Waals surface area contributed by atoms with Gasteiger partial charge in [-0.3, -0.25) is 4.99 Å². The van der Waals surface area contributed by atoms with Crippen LogP contribution < -0.4 is 10.6 Å². The second-order valence-corrected chi connectivity index (χ2v) is 6.47. The molecule has 0 saturated carbocycles. The number of nitrogens with zero attached hydrogens (tertiary/aromatic N) is 2. The molecule has 1 aromatic heterocycles. The maximum Gasteiger partial charge on any atom is 0.191 e. The summed E-state index contributed by atoms with van der Waals surface area (Å²) in [4.78, 5) is 4.33. The van der Waals surface area contributed by atoms with E-state index in [-0.39, 0.29) is 0 Å². The number of hydrogen-bond donors (Lipinski definition) is 2. The number of aliphatic imine (C=N–C) groups is 1. The van der Waals surface area contributed by atoms with Crippen molar-refractivity contribution in [3.63, 3.8) is 0 Å². The fraction of sp³-hybridized carbons (Fsp3) is 0.500. The zero-order valence-corrected chi connectivity index (χ0v) is 15.5. The van der Waals surface area contributed by atoms with Gasteiger partial charge in [-0.05, 0) is 42.4 Å². The highest BCUT2D eigenvalue weighted by Crippen LogP contribution is 2.22. The van der Waals surface area contributed by atoms with Crippen molar-refractivity contribution in [3.05, 3.63) is 51.9 Å². The van der Waals surface area contributed by atoms with Crippen LogP contribution in [0.2, 0.25) is 0 Å². The lowest BCUT2D eigenvalue weighted by molar-refractivity contribution is 0.380. The number of aromatic nitrogens is 1. The van der Waals surface area contributed by atoms with E-state index in [0.29, 0.717) is 6.54 Å². The number of hydrogen-bond acceptors (Lipinski definition) is 3. The molecule has 1 aliphatic rings. The van der Waals surface area contributed by atoms with Crippen LogP contribution in [-0.2, 0) is 38.8 Å². The lowest BCUT2D eigenvalue weighted by atomic mass is 10.1. The predicted molar refractivity (Wildman–Crippen MR) is 101 cm³/mol. The van der Waals surface area contributed by atoms with Crippen molar-refractivity contribution in [3.8, 4) is 0 Å². The fourth-order valence-corrected chi connectivity index (χ4v) is 3.45. The van der Waals surface area contributed by atoms with Gasteiger partial charge in [0.05, 0.1) is 5.69 Å². The van der Waals surface area contributed by atoms with E-state index in [4.69, 9.17) is 4.52 Å². The Morgan fingerprint density at radius 2 is 1.92 bits per heavy atom. The summed E-state index contributed by atoms with van der Waals surface area (Å²) >= 11 is 0. The summed E-state index contributed by atoms with van der Waals surface area (Å²) in [5, 5.41) is 10.9. The first kappa shape index (κ1) is 17.5. The third-order valence-corrected chi connectivity index (χ3v) is 4.89. The Kier molecular flexibility index (Phi) is 5.74. The van der Waals surface area contributed by atoms with Gasteiger partial charge in [0.2, 0.25) is 0 Å². The quantitative estimate of drug-likeness (QED) is 0.626. The molecule has 0 spiro atoms. The molecular weight excluding hydrogens is 312 g/mol. The van der Waals surface area contributed by atoms with Crippen LogP contribution in [-0.4, -0.2) is 18.2 Å². The largest absolute Gasteiger partial charge is 0.361 e. The van der Waals surface area contributed by atoms with Gasteiger partial charge in [0.15, 0.2) is 5.96 Å². The van der Waals surface area contributed by atoms with Crippen molar-refractivity contribution in [2.45, 2.75) is 59.0 Å². The van der Waals surface area contributed by atoms with E-state index in [2.05, 4.69) is 52.8 Å². The standard InChI is InChI=1S/C20H28N4O/c1-4-18-17(19(5-2)25-24-18)13-23-20(21-3)22-12-14-9-10-15-7-6-8-16(15)11-14/h9-11H,4-8,12-13H2,1-3H3,(H2,21,22,23). The predicted octanol–water partition coefficient (Wildman–Crippen LogP) is 3.15. The second-order valence-electron chi connectivity index (χ2n) is 6.47. The molecule has 25 heavy (non-hydrogen) atoms. The van der Waals surface area contributed by atoms with Gasteiger partial charge in [-0.1, -0.05) is 37.2 Å². The smallest absolute Gasteiger partial charge is 0.191 e. The summed E-state index contributed by atoms with van der Waals surface area (Å²) < 4.78 is 5.42. The van der Waals surface area contributed by atoms with Crippen molar-refractivity contribution in [1.82, 2.24) is 15.8 Å². The van der Waals surface area contributed by atoms with E-state index < -0.39 is 0 Å². The highest BCUT2D eigenvalue weighted by Gasteiger charge is 2.14. The molecule has 0 saturated heterocycles. The zero-order chi connectivity index (χ0) is 17.6. The molecule has 0 aliphatic heterocycles. The van der Waals surface area contributed by atoms with Crippen LogP contribution in [0.3, 0.4) is 0 Å². The van der Waals surface area contributed by atoms with Crippen LogP contribution in [0.15, 0.2) is 27.7 Å². The average Bonchev–Trinajstić information content (AvgIpc) is 3.27. The lowest BCUT2D eigenvalue weighted by Gasteiger charge is -2.13. The molecule has 5 heteroatoms. The lowest BCUT2D eigenvalue weighted by Crippen LogP contribution is -2.36. The molecule has 0 radical (unpaired) electrons. The number of guanidine groups is 1. The van der Waals surface area contributed by atoms with Gasteiger partial charge in [-0.25, -0.2) is 0 Å².